The zero-order chi connectivity index (χ0) is 73.7. The number of carboxylic acids is 3. The fourth-order valence-corrected chi connectivity index (χ4v) is 11.7. The van der Waals surface area contributed by atoms with E-state index < -0.39 is 171 Å². The number of anilines is 3. The van der Waals surface area contributed by atoms with Crippen LogP contribution in [0.3, 0.4) is 0 Å². The second-order valence-electron chi connectivity index (χ2n) is 21.8. The number of carbonyl (C=O) groups excluding carboxylic acids is 11. The average Bonchev–Trinajstić information content (AvgIpc) is 1.56. The standard InChI is InChI=1S/C53H75N19O23S5/c54-100(92,93)53-67-65-51(98-53)61-43(80)15-8-10-33-24-71(69-63-33)17-5-2-12-40(77)56-35(22-45(83)84)38(75)19-30(21-44(81)82)47(86)58-34(48(87)59-37(27-96)49(88)89)11-1-4-16-55-46(85)31(25-94-28-73)20-39(76)36(26-95-29-74)57-41(78)13-3-6-18-72-23-32(62-70-72)9-7-14-42(79)60-50-64-66-52(97-50)68-99(90)91/h23-24,28-31,34-37,96H,1-22,25-27H2,(H,55,85)(H,56,77)(H,57,78)(H,58,86)(H,59,87)(H,66,68)(H,81,82)(H,83,84)(H,88,89)(H,90,91)(H2,54,92,93)(H,60,64,79)(H,61,65,80)/p-1/t30-,31-,34-,35-,36-,37-/m0/s1. The Bertz CT molecular complexity index is 3610. The molecule has 550 valence electrons. The van der Waals surface area contributed by atoms with Crippen molar-refractivity contribution >= 4 is 156 Å². The third kappa shape index (κ3) is 32.5. The number of ether oxygens (including phenoxy) is 2. The van der Waals surface area contributed by atoms with Crippen LogP contribution in [0.4, 0.5) is 15.4 Å². The Morgan fingerprint density at radius 3 is 1.62 bits per heavy atom. The molecule has 0 spiro atoms. The molecule has 1 unspecified atom stereocenters. The fourth-order valence-electron chi connectivity index (χ4n) is 9.00. The Labute approximate surface area is 584 Å². The van der Waals surface area contributed by atoms with Gasteiger partial charge in [-0.05, 0) is 70.6 Å². The van der Waals surface area contributed by atoms with E-state index in [4.69, 9.17) is 14.6 Å². The Kier molecular flexibility index (Phi) is 36.4. The number of hydrogen-bond donors (Lipinski definition) is 13. The van der Waals surface area contributed by atoms with Crippen molar-refractivity contribution in [3.63, 3.8) is 0 Å². The second kappa shape index (κ2) is 43.8. The van der Waals surface area contributed by atoms with Crippen LogP contribution in [-0.2, 0) is 124 Å². The largest absolute Gasteiger partial charge is 0.755 e. The van der Waals surface area contributed by atoms with Crippen molar-refractivity contribution in [1.29, 1.82) is 0 Å². The molecule has 0 fully saturated rings. The van der Waals surface area contributed by atoms with Gasteiger partial charge in [-0.3, -0.25) is 80.6 Å². The molecule has 0 saturated carbocycles. The fraction of sp³-hybridized carbons (Fsp3) is 0.585. The number of thiol groups is 1. The summed E-state index contributed by atoms with van der Waals surface area (Å²) < 4.78 is 58.5. The lowest BCUT2D eigenvalue weighted by Crippen LogP contribution is -2.53. The van der Waals surface area contributed by atoms with E-state index in [-0.39, 0.29) is 105 Å². The summed E-state index contributed by atoms with van der Waals surface area (Å²) in [6.07, 6.45) is 1.74. The highest BCUT2D eigenvalue weighted by Crippen LogP contribution is 2.22. The number of nitrogens with zero attached hydrogens (tertiary/aromatic N) is 10. The molecule has 0 aliphatic rings. The van der Waals surface area contributed by atoms with Crippen LogP contribution in [-0.4, -0.2) is 216 Å². The first-order valence-electron chi connectivity index (χ1n) is 30.4. The molecule has 0 saturated heterocycles. The normalized spacial score (nSPS) is 13.3. The number of ketones is 2. The van der Waals surface area contributed by atoms with Gasteiger partial charge in [-0.2, -0.15) is 12.6 Å². The van der Waals surface area contributed by atoms with Crippen LogP contribution in [0, 0.1) is 11.8 Å². The summed E-state index contributed by atoms with van der Waals surface area (Å²) in [4.78, 5) is 177. The van der Waals surface area contributed by atoms with Crippen LogP contribution < -0.4 is 47.1 Å². The van der Waals surface area contributed by atoms with E-state index in [2.05, 4.69) is 90.9 Å². The highest BCUT2D eigenvalue weighted by atomic mass is 32.2. The molecule has 47 heteroatoms. The minimum absolute atomic E-state index is 0.0105. The van der Waals surface area contributed by atoms with Gasteiger partial charge >= 0.3 is 17.9 Å². The summed E-state index contributed by atoms with van der Waals surface area (Å²) in [5.74, 6) is -15.5. The molecule has 0 aliphatic heterocycles. The molecule has 0 bridgehead atoms. The third-order valence-corrected chi connectivity index (χ3v) is 17.7. The number of hydrogen-bond acceptors (Lipinski definition) is 31. The first-order valence-corrected chi connectivity index (χ1v) is 35.3. The van der Waals surface area contributed by atoms with E-state index in [0.717, 1.165) is 11.3 Å². The zero-order valence-electron chi connectivity index (χ0n) is 53.1. The molecule has 4 rings (SSSR count). The van der Waals surface area contributed by atoms with E-state index in [1.807, 2.05) is 4.72 Å². The van der Waals surface area contributed by atoms with E-state index in [0.29, 0.717) is 67.8 Å². The lowest BCUT2D eigenvalue weighted by Gasteiger charge is -2.24. The summed E-state index contributed by atoms with van der Waals surface area (Å²) >= 11 is 2.75. The number of amides is 7. The molecule has 7 amide bonds. The van der Waals surface area contributed by atoms with Crippen LogP contribution in [0.5, 0.6) is 0 Å². The number of unbranched alkanes of at least 4 members (excludes halogenated alkanes) is 3. The number of nitrogens with one attached hydrogen (secondary N) is 8. The highest BCUT2D eigenvalue weighted by Gasteiger charge is 2.34. The van der Waals surface area contributed by atoms with Crippen LogP contribution in [0.1, 0.15) is 121 Å². The van der Waals surface area contributed by atoms with Gasteiger partial charge < -0.3 is 66.6 Å². The number of aliphatic carboxylic acids is 3. The Balaban J connectivity index is 1.25. The molecule has 0 aromatic carbocycles. The monoisotopic (exact) mass is 1500 g/mol. The van der Waals surface area contributed by atoms with Crippen molar-refractivity contribution in [2.75, 3.05) is 40.9 Å². The summed E-state index contributed by atoms with van der Waals surface area (Å²) in [5.41, 5.74) is 1.10. The van der Waals surface area contributed by atoms with Gasteiger partial charge in [-0.15, -0.1) is 30.6 Å². The van der Waals surface area contributed by atoms with E-state index >= 15 is 0 Å². The molecule has 7 atom stereocenters. The molecule has 42 nitrogen and oxygen atoms in total. The molecule has 0 radical (unpaired) electrons. The van der Waals surface area contributed by atoms with Crippen LogP contribution in [0.25, 0.3) is 0 Å². The molecule has 4 aromatic rings. The molecule has 4 heterocycles. The number of carbonyl (C=O) groups is 14. The number of sulfonamides is 1. The number of primary sulfonamides is 1. The minimum Gasteiger partial charge on any atom is -0.755 e. The lowest BCUT2D eigenvalue weighted by molar-refractivity contribution is -0.144. The lowest BCUT2D eigenvalue weighted by atomic mass is 9.92. The first kappa shape index (κ1) is 83.0. The van der Waals surface area contributed by atoms with Gasteiger partial charge in [0.2, 0.25) is 61.1 Å². The summed E-state index contributed by atoms with van der Waals surface area (Å²) in [7, 11) is -4.09. The van der Waals surface area contributed by atoms with Gasteiger partial charge in [0.05, 0.1) is 42.1 Å². The zero-order valence-corrected chi connectivity index (χ0v) is 57.2. The van der Waals surface area contributed by atoms with E-state index in [9.17, 15) is 99.6 Å². The highest BCUT2D eigenvalue weighted by molar-refractivity contribution is 7.91. The maximum Gasteiger partial charge on any atom is 0.327 e. The van der Waals surface area contributed by atoms with Gasteiger partial charge in [0, 0.05) is 87.6 Å². The summed E-state index contributed by atoms with van der Waals surface area (Å²) in [6.45, 7) is -0.794. The van der Waals surface area contributed by atoms with Crippen molar-refractivity contribution < 1.29 is 109 Å². The number of aromatic nitrogens is 10. The molecule has 0 aliphatic carbocycles. The SMILES string of the molecule is NS(=O)(=O)c1nnc(NC(=O)CCCc2cn(CCCCC(=O)N[C@@H](CC(=O)O)C(=O)C[C@@H](CC(=O)O)C(=O)N[C@@H](CCCCNC(=O)[C@H](COC=O)CC(=O)[C@H](COC=O)NC(=O)CCCCn3cc(CCCC(=O)Nc4nnc(NS(=O)[O-])s4)nn3)C(=O)N[C@@H](CS)C(=O)O)nn2)s1. The number of carboxylic acid groups (broad SMARTS) is 3. The number of Topliss-reactive ketones (excluding diaryl/α,β-unsaturated/α-hetero) is 2. The molecule has 100 heavy (non-hydrogen) atoms. The Morgan fingerprint density at radius 2 is 1.09 bits per heavy atom. The van der Waals surface area contributed by atoms with Gasteiger partial charge in [0.25, 0.3) is 23.0 Å². The van der Waals surface area contributed by atoms with Crippen LogP contribution in [0.15, 0.2) is 16.7 Å². The topological polar surface area (TPSA) is 628 Å². The average molecular weight is 1510 g/mol. The van der Waals surface area contributed by atoms with Crippen molar-refractivity contribution in [3.8, 4) is 0 Å². The number of aryl methyl sites for hydroxylation is 4. The van der Waals surface area contributed by atoms with Crippen molar-refractivity contribution in [1.82, 2.24) is 77.0 Å². The van der Waals surface area contributed by atoms with Gasteiger partial charge in [0.1, 0.15) is 31.3 Å². The van der Waals surface area contributed by atoms with E-state index in [1.165, 1.54) is 9.36 Å². The van der Waals surface area contributed by atoms with Crippen molar-refractivity contribution in [2.24, 2.45) is 17.0 Å². The van der Waals surface area contributed by atoms with Gasteiger partial charge in [-0.25, -0.2) is 18.4 Å². The number of nitrogens with two attached hydrogens (primary N) is 1. The smallest absolute Gasteiger partial charge is 0.327 e. The van der Waals surface area contributed by atoms with Crippen LogP contribution >= 0.6 is 35.3 Å². The van der Waals surface area contributed by atoms with Gasteiger partial charge in [0.15, 0.2) is 11.6 Å². The van der Waals surface area contributed by atoms with E-state index in [1.54, 1.807) is 12.4 Å². The summed E-state index contributed by atoms with van der Waals surface area (Å²) in [5, 5.41) is 81.3. The first-order chi connectivity index (χ1) is 47.5. The maximum absolute atomic E-state index is 13.8. The molecular weight excluding hydrogens is 1430 g/mol. The Hall–Kier alpha value is -9.45. The maximum atomic E-state index is 13.8. The second-order valence-corrected chi connectivity index (χ2v) is 26.5. The third-order valence-electron chi connectivity index (χ3n) is 13.9. The van der Waals surface area contributed by atoms with Crippen molar-refractivity contribution in [2.45, 2.75) is 164 Å². The minimum atomic E-state index is -4.09. The van der Waals surface area contributed by atoms with Crippen LogP contribution in [0.2, 0.25) is 0 Å². The Morgan fingerprint density at radius 1 is 0.580 bits per heavy atom. The molecule has 13 N–H and O–H groups in total. The predicted molar refractivity (Wildman–Crippen MR) is 345 cm³/mol. The quantitative estimate of drug-likeness (QED) is 0.00692. The molecule has 4 aromatic heterocycles. The number of rotatable bonds is 53. The predicted octanol–water partition coefficient (Wildman–Crippen LogP) is -2.92. The van der Waals surface area contributed by atoms with Crippen molar-refractivity contribution in [3.05, 3.63) is 23.8 Å². The molecular formula is C53H74N19O23S5-. The summed E-state index contributed by atoms with van der Waals surface area (Å²) in [6, 6.07) is -6.42. The van der Waals surface area contributed by atoms with Gasteiger partial charge in [-0.1, -0.05) is 33.1 Å².